The molecule has 2 N–H and O–H groups in total. The molecule has 9 nitrogen and oxygen atoms in total. The topological polar surface area (TPSA) is 105 Å². The monoisotopic (exact) mass is 441 g/mol. The molecule has 10 heteroatoms. The van der Waals surface area contributed by atoms with E-state index in [1.807, 2.05) is 24.4 Å². The maximum atomic E-state index is 12.5. The first-order valence-electron chi connectivity index (χ1n) is 10.7. The molecule has 5 rings (SSSR count). The second-order valence-corrected chi connectivity index (χ2v) is 9.34. The van der Waals surface area contributed by atoms with Gasteiger partial charge in [-0.05, 0) is 31.4 Å². The first kappa shape index (κ1) is 20.5. The first-order chi connectivity index (χ1) is 15.2. The van der Waals surface area contributed by atoms with Gasteiger partial charge in [-0.2, -0.15) is 0 Å². The molecule has 31 heavy (non-hydrogen) atoms. The maximum absolute atomic E-state index is 12.5. The van der Waals surface area contributed by atoms with Crippen LogP contribution in [-0.4, -0.2) is 69.9 Å². The van der Waals surface area contributed by atoms with E-state index in [4.69, 9.17) is 4.74 Å². The standard InChI is InChI=1S/C21H27N7O2S/c1-27(15-7-9-28(13-15)21-18-6-8-22-20(18)24-14-25-21)19-5-4-17(12-23-19)31(29)26-11-16-3-2-10-30-16/h4-6,8,12,14-16,26H,2-3,7,9-11,13H2,1H3,(H,22,24,25)/t15-,16+,31?/m1/s1. The van der Waals surface area contributed by atoms with Gasteiger partial charge in [0.25, 0.3) is 0 Å². The van der Waals surface area contributed by atoms with Gasteiger partial charge in [0.2, 0.25) is 0 Å². The molecule has 2 aliphatic rings. The minimum Gasteiger partial charge on any atom is -0.593 e. The molecule has 5 heterocycles. The summed E-state index contributed by atoms with van der Waals surface area (Å²) in [7, 11) is 2.06. The molecule has 2 saturated heterocycles. The summed E-state index contributed by atoms with van der Waals surface area (Å²) in [4.78, 5) is 21.7. The second-order valence-electron chi connectivity index (χ2n) is 8.04. The molecule has 0 aliphatic carbocycles. The number of ether oxygens (including phenoxy) is 1. The molecular weight excluding hydrogens is 414 g/mol. The Bertz CT molecular complexity index is 1010. The molecule has 2 aliphatic heterocycles. The quantitative estimate of drug-likeness (QED) is 0.535. The van der Waals surface area contributed by atoms with Gasteiger partial charge in [-0.3, -0.25) is 0 Å². The molecule has 0 aromatic carbocycles. The number of aromatic nitrogens is 4. The van der Waals surface area contributed by atoms with Gasteiger partial charge in [0.05, 0.1) is 35.6 Å². The van der Waals surface area contributed by atoms with E-state index < -0.39 is 11.4 Å². The summed E-state index contributed by atoms with van der Waals surface area (Å²) in [5, 5.41) is 1.05. The third kappa shape index (κ3) is 4.33. The minimum absolute atomic E-state index is 0.162. The van der Waals surface area contributed by atoms with E-state index >= 15 is 0 Å². The predicted molar refractivity (Wildman–Crippen MR) is 121 cm³/mol. The zero-order valence-electron chi connectivity index (χ0n) is 17.5. The van der Waals surface area contributed by atoms with Crippen molar-refractivity contribution in [2.24, 2.45) is 0 Å². The summed E-state index contributed by atoms with van der Waals surface area (Å²) in [5.41, 5.74) is 0.861. The Hall–Kier alpha value is -2.40. The minimum atomic E-state index is -1.28. The fourth-order valence-electron chi connectivity index (χ4n) is 4.30. The largest absolute Gasteiger partial charge is 0.593 e. The van der Waals surface area contributed by atoms with Crippen LogP contribution in [0.4, 0.5) is 11.6 Å². The molecule has 1 unspecified atom stereocenters. The molecule has 0 amide bonds. The number of aromatic amines is 1. The van der Waals surface area contributed by atoms with Gasteiger partial charge < -0.3 is 24.1 Å². The van der Waals surface area contributed by atoms with E-state index in [0.29, 0.717) is 17.5 Å². The van der Waals surface area contributed by atoms with Crippen molar-refractivity contribution in [2.45, 2.75) is 36.3 Å². The van der Waals surface area contributed by atoms with E-state index in [1.54, 1.807) is 12.5 Å². The zero-order chi connectivity index (χ0) is 21.2. The number of fused-ring (bicyclic) bond motifs is 1. The number of H-pyrrole nitrogens is 1. The fourth-order valence-corrected chi connectivity index (χ4v) is 5.14. The van der Waals surface area contributed by atoms with Crippen molar-refractivity contribution in [1.82, 2.24) is 24.7 Å². The van der Waals surface area contributed by atoms with Crippen molar-refractivity contribution in [3.63, 3.8) is 0 Å². The van der Waals surface area contributed by atoms with Gasteiger partial charge in [-0.1, -0.05) is 0 Å². The first-order valence-corrected chi connectivity index (χ1v) is 11.8. The highest BCUT2D eigenvalue weighted by Gasteiger charge is 2.29. The maximum Gasteiger partial charge on any atom is 0.192 e. The summed E-state index contributed by atoms with van der Waals surface area (Å²) in [5.74, 6) is 1.85. The highest BCUT2D eigenvalue weighted by molar-refractivity contribution is 7.89. The number of hydrogen-bond donors (Lipinski definition) is 2. The molecule has 0 bridgehead atoms. The van der Waals surface area contributed by atoms with E-state index in [9.17, 15) is 4.55 Å². The predicted octanol–water partition coefficient (Wildman–Crippen LogP) is 1.86. The van der Waals surface area contributed by atoms with Crippen LogP contribution in [0.1, 0.15) is 19.3 Å². The van der Waals surface area contributed by atoms with Crippen LogP contribution in [0.15, 0.2) is 41.8 Å². The van der Waals surface area contributed by atoms with Crippen LogP contribution in [0.25, 0.3) is 11.0 Å². The smallest absolute Gasteiger partial charge is 0.192 e. The van der Waals surface area contributed by atoms with Gasteiger partial charge in [0, 0.05) is 45.0 Å². The average Bonchev–Trinajstić information content (AvgIpc) is 3.58. The number of pyridine rings is 1. The van der Waals surface area contributed by atoms with E-state index in [1.165, 1.54) is 0 Å². The second kappa shape index (κ2) is 8.99. The lowest BCUT2D eigenvalue weighted by atomic mass is 10.2. The Balaban J connectivity index is 1.20. The zero-order valence-corrected chi connectivity index (χ0v) is 18.3. The van der Waals surface area contributed by atoms with Gasteiger partial charge in [-0.25, -0.2) is 15.0 Å². The van der Waals surface area contributed by atoms with Crippen LogP contribution in [0.3, 0.4) is 0 Å². The van der Waals surface area contributed by atoms with Crippen LogP contribution in [0.5, 0.6) is 0 Å². The molecule has 0 spiro atoms. The van der Waals surface area contributed by atoms with E-state index in [-0.39, 0.29) is 6.10 Å². The molecule has 0 saturated carbocycles. The van der Waals surface area contributed by atoms with Crippen molar-refractivity contribution < 1.29 is 9.29 Å². The van der Waals surface area contributed by atoms with Crippen molar-refractivity contribution >= 4 is 34.0 Å². The number of nitrogens with zero attached hydrogens (tertiary/aromatic N) is 5. The normalized spacial score (nSPS) is 22.3. The van der Waals surface area contributed by atoms with Crippen molar-refractivity contribution in [3.05, 3.63) is 36.9 Å². The molecule has 2 fully saturated rings. The lowest BCUT2D eigenvalue weighted by Gasteiger charge is -2.26. The number of nitrogens with one attached hydrogen (secondary N) is 2. The Labute approximate surface area is 184 Å². The van der Waals surface area contributed by atoms with Crippen molar-refractivity contribution in [1.29, 1.82) is 0 Å². The highest BCUT2D eigenvalue weighted by Crippen LogP contribution is 2.28. The third-order valence-corrected chi connectivity index (χ3v) is 7.20. The Morgan fingerprint density at radius 2 is 2.23 bits per heavy atom. The highest BCUT2D eigenvalue weighted by atomic mass is 32.2. The summed E-state index contributed by atoms with van der Waals surface area (Å²) in [6, 6.07) is 6.18. The van der Waals surface area contributed by atoms with Crippen LogP contribution >= 0.6 is 0 Å². The molecule has 3 aromatic heterocycles. The van der Waals surface area contributed by atoms with Crippen LogP contribution in [0.2, 0.25) is 0 Å². The van der Waals surface area contributed by atoms with E-state index in [2.05, 4.69) is 41.5 Å². The summed E-state index contributed by atoms with van der Waals surface area (Å²) in [6.45, 7) is 3.20. The number of anilines is 2. The fraction of sp³-hybridized carbons (Fsp3) is 0.476. The molecule has 0 radical (unpaired) electrons. The third-order valence-electron chi connectivity index (χ3n) is 6.11. The summed E-state index contributed by atoms with van der Waals surface area (Å²) < 4.78 is 21.1. The Morgan fingerprint density at radius 3 is 3.03 bits per heavy atom. The SMILES string of the molecule is CN(c1ccc([S+]([O-])NC[C@@H]2CCCO2)cn1)[C@@H]1CCN(c2ncnc3[nH]ccc23)C1. The van der Waals surface area contributed by atoms with Crippen LogP contribution < -0.4 is 14.5 Å². The number of rotatable bonds is 7. The summed E-state index contributed by atoms with van der Waals surface area (Å²) in [6.07, 6.45) is 8.49. The van der Waals surface area contributed by atoms with Gasteiger partial charge in [-0.15, -0.1) is 4.72 Å². The van der Waals surface area contributed by atoms with Crippen LogP contribution in [0, 0.1) is 0 Å². The van der Waals surface area contributed by atoms with Gasteiger partial charge in [0.15, 0.2) is 4.90 Å². The molecule has 3 aromatic rings. The lowest BCUT2D eigenvalue weighted by molar-refractivity contribution is 0.114. The van der Waals surface area contributed by atoms with Crippen LogP contribution in [-0.2, 0) is 16.1 Å². The number of likely N-dealkylation sites (N-methyl/N-ethyl adjacent to an activating group) is 1. The molecule has 164 valence electrons. The molecule has 3 atom stereocenters. The summed E-state index contributed by atoms with van der Waals surface area (Å²) >= 11 is -1.28. The Kier molecular flexibility index (Phi) is 5.95. The molecular formula is C21H27N7O2S. The van der Waals surface area contributed by atoms with E-state index in [0.717, 1.165) is 61.6 Å². The lowest BCUT2D eigenvalue weighted by Crippen LogP contribution is -2.35. The van der Waals surface area contributed by atoms with Crippen molar-refractivity contribution in [3.8, 4) is 0 Å². The van der Waals surface area contributed by atoms with Gasteiger partial charge >= 0.3 is 0 Å². The van der Waals surface area contributed by atoms with Gasteiger partial charge in [0.1, 0.15) is 23.6 Å². The average molecular weight is 442 g/mol. The Morgan fingerprint density at radius 1 is 1.29 bits per heavy atom. The van der Waals surface area contributed by atoms with Crippen molar-refractivity contribution in [2.75, 3.05) is 43.1 Å². The number of hydrogen-bond acceptors (Lipinski definition) is 8.